The third-order valence-electron chi connectivity index (χ3n) is 3.94. The van der Waals surface area contributed by atoms with E-state index in [4.69, 9.17) is 4.74 Å². The van der Waals surface area contributed by atoms with E-state index in [1.165, 1.54) is 55.6 Å². The number of sulfonamides is 1. The number of ether oxygens (including phenoxy) is 1. The Hall–Kier alpha value is -3.07. The maximum atomic E-state index is 14.5. The van der Waals surface area contributed by atoms with Gasteiger partial charge in [0.2, 0.25) is 0 Å². The van der Waals surface area contributed by atoms with Gasteiger partial charge in [-0.25, -0.2) is 26.0 Å². The Morgan fingerprint density at radius 2 is 1.36 bits per heavy atom. The molecule has 1 N–H and O–H groups in total. The zero-order valence-corrected chi connectivity index (χ0v) is 15.2. The number of methoxy groups -OCH3 is 1. The molecule has 0 spiro atoms. The molecule has 0 radical (unpaired) electrons. The molecule has 0 saturated carbocycles. The van der Waals surface area contributed by atoms with E-state index in [1.54, 1.807) is 6.07 Å². The Bertz CT molecular complexity index is 1120. The minimum Gasteiger partial charge on any atom is -0.497 e. The van der Waals surface area contributed by atoms with E-state index in [1.807, 2.05) is 4.72 Å². The first-order valence-electron chi connectivity index (χ1n) is 7.84. The summed E-state index contributed by atoms with van der Waals surface area (Å²) in [6, 6.07) is 12.1. The smallest absolute Gasteiger partial charge is 0.262 e. The maximum absolute atomic E-state index is 14.5. The van der Waals surface area contributed by atoms with Crippen LogP contribution in [0.25, 0.3) is 11.1 Å². The molecule has 0 aliphatic rings. The topological polar surface area (TPSA) is 55.4 Å². The van der Waals surface area contributed by atoms with Crippen molar-refractivity contribution < 1.29 is 30.7 Å². The molecular weight excluding hydrogens is 398 g/mol. The molecule has 3 rings (SSSR count). The molecule has 28 heavy (non-hydrogen) atoms. The average molecular weight is 411 g/mol. The predicted octanol–water partition coefficient (Wildman–Crippen LogP) is 4.72. The van der Waals surface area contributed by atoms with Crippen molar-refractivity contribution in [3.63, 3.8) is 0 Å². The van der Waals surface area contributed by atoms with E-state index in [0.29, 0.717) is 5.75 Å². The molecule has 9 heteroatoms. The Kier molecular flexibility index (Phi) is 5.28. The van der Waals surface area contributed by atoms with Crippen molar-refractivity contribution in [3.8, 4) is 16.9 Å². The largest absolute Gasteiger partial charge is 0.497 e. The van der Waals surface area contributed by atoms with Gasteiger partial charge in [0.15, 0.2) is 23.3 Å². The van der Waals surface area contributed by atoms with E-state index in [9.17, 15) is 26.0 Å². The van der Waals surface area contributed by atoms with Crippen LogP contribution >= 0.6 is 0 Å². The van der Waals surface area contributed by atoms with E-state index in [2.05, 4.69) is 0 Å². The number of halogens is 4. The third kappa shape index (κ3) is 3.53. The van der Waals surface area contributed by atoms with Gasteiger partial charge in [-0.1, -0.05) is 30.3 Å². The predicted molar refractivity (Wildman–Crippen MR) is 95.5 cm³/mol. The zero-order valence-electron chi connectivity index (χ0n) is 14.3. The maximum Gasteiger partial charge on any atom is 0.262 e. The molecule has 0 aromatic heterocycles. The normalized spacial score (nSPS) is 11.3. The Morgan fingerprint density at radius 1 is 0.786 bits per heavy atom. The summed E-state index contributed by atoms with van der Waals surface area (Å²) in [5.74, 6) is -7.39. The van der Waals surface area contributed by atoms with Crippen molar-refractivity contribution in [1.29, 1.82) is 0 Å². The van der Waals surface area contributed by atoms with Gasteiger partial charge in [0.1, 0.15) is 5.75 Å². The lowest BCUT2D eigenvalue weighted by atomic mass is 10.0. The van der Waals surface area contributed by atoms with Crippen LogP contribution in [0.2, 0.25) is 0 Å². The van der Waals surface area contributed by atoms with Crippen molar-refractivity contribution in [3.05, 3.63) is 77.9 Å². The first-order chi connectivity index (χ1) is 13.3. The lowest BCUT2D eigenvalue weighted by molar-refractivity contribution is 0.412. The van der Waals surface area contributed by atoms with Gasteiger partial charge in [-0.05, 0) is 29.8 Å². The summed E-state index contributed by atoms with van der Waals surface area (Å²) in [5, 5.41) is 0. The highest BCUT2D eigenvalue weighted by molar-refractivity contribution is 7.92. The summed E-state index contributed by atoms with van der Waals surface area (Å²) in [4.78, 5) is -0.264. The molecule has 0 unspecified atom stereocenters. The molecule has 0 fully saturated rings. The number of benzene rings is 3. The standard InChI is InChI=1S/C19H13F4NO3S/c1-27-12-9-7-11(8-10-12)14-15(20)16(21)17(22)18(23)19(14)24-28(25,26)13-5-3-2-4-6-13/h2-10,24H,1H3. The average Bonchev–Trinajstić information content (AvgIpc) is 2.71. The highest BCUT2D eigenvalue weighted by Crippen LogP contribution is 2.38. The summed E-state index contributed by atoms with van der Waals surface area (Å²) in [6.07, 6.45) is 0. The highest BCUT2D eigenvalue weighted by Gasteiger charge is 2.29. The SMILES string of the molecule is COc1ccc(-c2c(F)c(F)c(F)c(F)c2NS(=O)(=O)c2ccccc2)cc1. The number of nitrogens with one attached hydrogen (secondary N) is 1. The minimum absolute atomic E-state index is 0.0816. The van der Waals surface area contributed by atoms with Crippen molar-refractivity contribution in [2.75, 3.05) is 11.8 Å². The van der Waals surface area contributed by atoms with E-state index in [0.717, 1.165) is 0 Å². The van der Waals surface area contributed by atoms with Crippen LogP contribution < -0.4 is 9.46 Å². The van der Waals surface area contributed by atoms with Gasteiger partial charge in [-0.2, -0.15) is 0 Å². The number of rotatable bonds is 5. The first kappa shape index (κ1) is 19.7. The summed E-state index contributed by atoms with van der Waals surface area (Å²) < 4.78 is 88.4. The zero-order chi connectivity index (χ0) is 20.5. The second-order valence-electron chi connectivity index (χ2n) is 5.65. The molecule has 146 valence electrons. The fourth-order valence-electron chi connectivity index (χ4n) is 2.55. The lowest BCUT2D eigenvalue weighted by Crippen LogP contribution is -2.17. The monoisotopic (exact) mass is 411 g/mol. The number of anilines is 1. The summed E-state index contributed by atoms with van der Waals surface area (Å²) in [7, 11) is -3.01. The molecule has 0 saturated heterocycles. The lowest BCUT2D eigenvalue weighted by Gasteiger charge is -2.16. The van der Waals surface area contributed by atoms with Crippen LogP contribution in [0, 0.1) is 23.3 Å². The second kappa shape index (κ2) is 7.51. The Labute approximate surface area is 158 Å². The molecule has 0 amide bonds. The van der Waals surface area contributed by atoms with Crippen LogP contribution in [0.5, 0.6) is 5.75 Å². The van der Waals surface area contributed by atoms with Crippen LogP contribution in [0.4, 0.5) is 23.2 Å². The molecular formula is C19H13F4NO3S. The minimum atomic E-state index is -4.40. The van der Waals surface area contributed by atoms with Crippen LogP contribution in [-0.2, 0) is 10.0 Å². The molecule has 3 aromatic rings. The Morgan fingerprint density at radius 3 is 1.93 bits per heavy atom. The second-order valence-corrected chi connectivity index (χ2v) is 7.34. The van der Waals surface area contributed by atoms with Gasteiger partial charge in [0.25, 0.3) is 10.0 Å². The molecule has 0 bridgehead atoms. The third-order valence-corrected chi connectivity index (χ3v) is 5.30. The van der Waals surface area contributed by atoms with E-state index in [-0.39, 0.29) is 10.5 Å². The van der Waals surface area contributed by atoms with Gasteiger partial charge >= 0.3 is 0 Å². The van der Waals surface area contributed by atoms with Crippen molar-refractivity contribution in [2.24, 2.45) is 0 Å². The van der Waals surface area contributed by atoms with Crippen molar-refractivity contribution >= 4 is 15.7 Å². The quantitative estimate of drug-likeness (QED) is 0.376. The van der Waals surface area contributed by atoms with Crippen molar-refractivity contribution in [2.45, 2.75) is 4.90 Å². The Balaban J connectivity index is 2.22. The van der Waals surface area contributed by atoms with Crippen LogP contribution in [-0.4, -0.2) is 15.5 Å². The highest BCUT2D eigenvalue weighted by atomic mass is 32.2. The molecule has 0 heterocycles. The molecule has 0 atom stereocenters. The fourth-order valence-corrected chi connectivity index (χ4v) is 3.64. The van der Waals surface area contributed by atoms with Gasteiger partial charge in [-0.15, -0.1) is 0 Å². The summed E-state index contributed by atoms with van der Waals surface area (Å²) >= 11 is 0. The van der Waals surface area contributed by atoms with Crippen LogP contribution in [0.1, 0.15) is 0 Å². The summed E-state index contributed by atoms with van der Waals surface area (Å²) in [6.45, 7) is 0. The summed E-state index contributed by atoms with van der Waals surface area (Å²) in [5.41, 5.74) is -1.88. The van der Waals surface area contributed by atoms with Crippen LogP contribution in [0.15, 0.2) is 59.5 Å². The van der Waals surface area contributed by atoms with E-state index >= 15 is 0 Å². The van der Waals surface area contributed by atoms with Crippen LogP contribution in [0.3, 0.4) is 0 Å². The van der Waals surface area contributed by atoms with Gasteiger partial charge in [0, 0.05) is 5.56 Å². The molecule has 0 aliphatic carbocycles. The number of hydrogen-bond donors (Lipinski definition) is 1. The van der Waals surface area contributed by atoms with Gasteiger partial charge in [0.05, 0.1) is 17.7 Å². The van der Waals surface area contributed by atoms with E-state index < -0.39 is 44.5 Å². The first-order valence-corrected chi connectivity index (χ1v) is 9.33. The van der Waals surface area contributed by atoms with Gasteiger partial charge < -0.3 is 4.74 Å². The fraction of sp³-hybridized carbons (Fsp3) is 0.0526. The molecule has 4 nitrogen and oxygen atoms in total. The van der Waals surface area contributed by atoms with Crippen molar-refractivity contribution in [1.82, 2.24) is 0 Å². The molecule has 0 aliphatic heterocycles. The van der Waals surface area contributed by atoms with Gasteiger partial charge in [-0.3, -0.25) is 4.72 Å². The molecule has 3 aromatic carbocycles. The number of hydrogen-bond acceptors (Lipinski definition) is 3.